The summed E-state index contributed by atoms with van der Waals surface area (Å²) in [6.45, 7) is 11.2. The number of esters is 1. The van der Waals surface area contributed by atoms with Crippen LogP contribution in [0.3, 0.4) is 0 Å². The number of hydrogen-bond donors (Lipinski definition) is 0. The monoisotopic (exact) mass is 398 g/mol. The first-order chi connectivity index (χ1) is 13.6. The Hall–Kier alpha value is -2.89. The normalized spacial score (nSPS) is 10.9. The lowest BCUT2D eigenvalue weighted by atomic mass is 10.0. The minimum Gasteiger partial charge on any atom is -0.461 e. The lowest BCUT2D eigenvalue weighted by Crippen LogP contribution is -2.41. The van der Waals surface area contributed by atoms with Gasteiger partial charge in [0, 0.05) is 29.9 Å². The summed E-state index contributed by atoms with van der Waals surface area (Å²) in [6, 6.07) is 7.15. The SMILES string of the molecule is CCOC(=O)c1c(C)c(C(=O)CN(C(=O)c2ccc(C)cc2)C(C)C)c(C)n1C. The molecule has 2 aromatic rings. The van der Waals surface area contributed by atoms with Crippen molar-refractivity contribution >= 4 is 17.7 Å². The summed E-state index contributed by atoms with van der Waals surface area (Å²) in [6.07, 6.45) is 0. The standard InChI is InChI=1S/C23H30N2O4/c1-8-29-23(28)21-16(5)20(17(6)24(21)7)19(26)13-25(14(2)3)22(27)18-11-9-15(4)10-12-18/h9-12,14H,8,13H2,1-7H3. The van der Waals surface area contributed by atoms with Crippen LogP contribution in [-0.2, 0) is 11.8 Å². The van der Waals surface area contributed by atoms with Crippen molar-refractivity contribution < 1.29 is 19.1 Å². The van der Waals surface area contributed by atoms with Gasteiger partial charge in [0.05, 0.1) is 13.2 Å². The van der Waals surface area contributed by atoms with E-state index in [0.29, 0.717) is 28.1 Å². The molecule has 2 rings (SSSR count). The fourth-order valence-corrected chi connectivity index (χ4v) is 3.46. The number of ketones is 1. The van der Waals surface area contributed by atoms with Crippen molar-refractivity contribution in [2.24, 2.45) is 7.05 Å². The van der Waals surface area contributed by atoms with E-state index >= 15 is 0 Å². The zero-order valence-electron chi connectivity index (χ0n) is 18.3. The van der Waals surface area contributed by atoms with E-state index in [-0.39, 0.29) is 30.9 Å². The molecule has 6 nitrogen and oxygen atoms in total. The van der Waals surface area contributed by atoms with Crippen LogP contribution in [0.25, 0.3) is 0 Å². The van der Waals surface area contributed by atoms with E-state index in [1.165, 1.54) is 0 Å². The second-order valence-corrected chi connectivity index (χ2v) is 7.53. The summed E-state index contributed by atoms with van der Waals surface area (Å²) in [5, 5.41) is 0. The predicted molar refractivity (Wildman–Crippen MR) is 113 cm³/mol. The van der Waals surface area contributed by atoms with E-state index in [1.807, 2.05) is 32.9 Å². The van der Waals surface area contributed by atoms with E-state index in [0.717, 1.165) is 5.56 Å². The van der Waals surface area contributed by atoms with Gasteiger partial charge in [-0.25, -0.2) is 4.79 Å². The molecule has 0 fully saturated rings. The third-order valence-corrected chi connectivity index (χ3v) is 5.17. The summed E-state index contributed by atoms with van der Waals surface area (Å²) in [5.74, 6) is -0.836. The fourth-order valence-electron chi connectivity index (χ4n) is 3.46. The molecule has 0 aliphatic carbocycles. The Balaban J connectivity index is 2.36. The molecule has 1 aromatic heterocycles. The van der Waals surface area contributed by atoms with Gasteiger partial charge >= 0.3 is 5.97 Å². The van der Waals surface area contributed by atoms with Gasteiger partial charge in [0.1, 0.15) is 5.69 Å². The molecule has 0 N–H and O–H groups in total. The maximum absolute atomic E-state index is 13.2. The molecule has 1 heterocycles. The highest BCUT2D eigenvalue weighted by molar-refractivity contribution is 6.06. The highest BCUT2D eigenvalue weighted by Gasteiger charge is 2.28. The molecule has 1 aromatic carbocycles. The number of carbonyl (C=O) groups excluding carboxylic acids is 3. The van der Waals surface area contributed by atoms with Gasteiger partial charge in [-0.15, -0.1) is 0 Å². The third kappa shape index (κ3) is 4.58. The van der Waals surface area contributed by atoms with Crippen LogP contribution in [0.15, 0.2) is 24.3 Å². The molecule has 29 heavy (non-hydrogen) atoms. The van der Waals surface area contributed by atoms with Gasteiger partial charge in [-0.2, -0.15) is 0 Å². The number of Topliss-reactive ketones (excluding diaryl/α,β-unsaturated/α-hetero) is 1. The van der Waals surface area contributed by atoms with Gasteiger partial charge < -0.3 is 14.2 Å². The number of ether oxygens (including phenoxy) is 1. The summed E-state index contributed by atoms with van der Waals surface area (Å²) < 4.78 is 6.81. The molecule has 0 saturated heterocycles. The molecule has 0 saturated carbocycles. The van der Waals surface area contributed by atoms with Gasteiger partial charge in [0.2, 0.25) is 0 Å². The first-order valence-electron chi connectivity index (χ1n) is 9.83. The van der Waals surface area contributed by atoms with Crippen molar-refractivity contribution in [3.63, 3.8) is 0 Å². The van der Waals surface area contributed by atoms with Crippen molar-refractivity contribution in [2.75, 3.05) is 13.2 Å². The van der Waals surface area contributed by atoms with Crippen molar-refractivity contribution in [3.05, 3.63) is 57.9 Å². The number of benzene rings is 1. The molecule has 6 heteroatoms. The Kier molecular flexibility index (Phi) is 7.01. The van der Waals surface area contributed by atoms with E-state index in [4.69, 9.17) is 4.74 Å². The fraction of sp³-hybridized carbons (Fsp3) is 0.435. The van der Waals surface area contributed by atoms with E-state index < -0.39 is 5.97 Å². The van der Waals surface area contributed by atoms with E-state index in [9.17, 15) is 14.4 Å². The van der Waals surface area contributed by atoms with Crippen LogP contribution >= 0.6 is 0 Å². The number of amides is 1. The first-order valence-corrected chi connectivity index (χ1v) is 9.83. The Bertz CT molecular complexity index is 923. The number of hydrogen-bond acceptors (Lipinski definition) is 4. The number of aryl methyl sites for hydroxylation is 1. The van der Waals surface area contributed by atoms with Gasteiger partial charge in [-0.05, 0) is 59.2 Å². The zero-order valence-corrected chi connectivity index (χ0v) is 18.3. The molecule has 156 valence electrons. The van der Waals surface area contributed by atoms with Crippen LogP contribution in [0.5, 0.6) is 0 Å². The van der Waals surface area contributed by atoms with Crippen LogP contribution in [0, 0.1) is 20.8 Å². The van der Waals surface area contributed by atoms with Gasteiger partial charge in [-0.3, -0.25) is 9.59 Å². The second kappa shape index (κ2) is 9.07. The minimum absolute atomic E-state index is 0.0572. The molecule has 0 radical (unpaired) electrons. The maximum atomic E-state index is 13.2. The highest BCUT2D eigenvalue weighted by atomic mass is 16.5. The summed E-state index contributed by atoms with van der Waals surface area (Å²) in [5.41, 5.74) is 3.72. The smallest absolute Gasteiger partial charge is 0.355 e. The maximum Gasteiger partial charge on any atom is 0.355 e. The first kappa shape index (κ1) is 22.4. The zero-order chi connectivity index (χ0) is 21.9. The average molecular weight is 399 g/mol. The van der Waals surface area contributed by atoms with Crippen LogP contribution < -0.4 is 0 Å². The number of rotatable bonds is 7. The Morgan fingerprint density at radius 2 is 1.66 bits per heavy atom. The van der Waals surface area contributed by atoms with Crippen LogP contribution in [0.4, 0.5) is 0 Å². The number of nitrogens with zero attached hydrogens (tertiary/aromatic N) is 2. The summed E-state index contributed by atoms with van der Waals surface area (Å²) in [7, 11) is 1.74. The molecule has 0 spiro atoms. The van der Waals surface area contributed by atoms with E-state index in [1.54, 1.807) is 49.4 Å². The number of carbonyl (C=O) groups is 3. The van der Waals surface area contributed by atoms with Crippen LogP contribution in [-0.4, -0.2) is 46.3 Å². The van der Waals surface area contributed by atoms with Gasteiger partial charge in [0.15, 0.2) is 5.78 Å². The highest BCUT2D eigenvalue weighted by Crippen LogP contribution is 2.23. The molecule has 1 amide bonds. The summed E-state index contributed by atoms with van der Waals surface area (Å²) >= 11 is 0. The van der Waals surface area contributed by atoms with Crippen molar-refractivity contribution in [3.8, 4) is 0 Å². The lowest BCUT2D eigenvalue weighted by Gasteiger charge is -2.26. The Morgan fingerprint density at radius 1 is 1.07 bits per heavy atom. The molecular formula is C23H30N2O4. The average Bonchev–Trinajstić information content (AvgIpc) is 2.88. The molecule has 0 atom stereocenters. The molecule has 0 unspecified atom stereocenters. The molecule has 0 bridgehead atoms. The molecule has 0 aliphatic heterocycles. The second-order valence-electron chi connectivity index (χ2n) is 7.53. The largest absolute Gasteiger partial charge is 0.461 e. The predicted octanol–water partition coefficient (Wildman–Crippen LogP) is 3.86. The third-order valence-electron chi connectivity index (χ3n) is 5.17. The van der Waals surface area contributed by atoms with Gasteiger partial charge in [0.25, 0.3) is 5.91 Å². The molecular weight excluding hydrogens is 368 g/mol. The number of aromatic nitrogens is 1. The topological polar surface area (TPSA) is 68.6 Å². The quantitative estimate of drug-likeness (QED) is 0.525. The minimum atomic E-state index is -0.453. The Morgan fingerprint density at radius 3 is 2.17 bits per heavy atom. The van der Waals surface area contributed by atoms with Gasteiger partial charge in [-0.1, -0.05) is 17.7 Å². The van der Waals surface area contributed by atoms with Crippen LogP contribution in [0.1, 0.15) is 68.8 Å². The van der Waals surface area contributed by atoms with E-state index in [2.05, 4.69) is 0 Å². The molecule has 0 aliphatic rings. The summed E-state index contributed by atoms with van der Waals surface area (Å²) in [4.78, 5) is 40.0. The van der Waals surface area contributed by atoms with Crippen LogP contribution in [0.2, 0.25) is 0 Å². The lowest BCUT2D eigenvalue weighted by molar-refractivity contribution is 0.0513. The Labute approximate surface area is 172 Å². The van der Waals surface area contributed by atoms with Crippen molar-refractivity contribution in [1.29, 1.82) is 0 Å². The van der Waals surface area contributed by atoms with Crippen molar-refractivity contribution in [1.82, 2.24) is 9.47 Å². The van der Waals surface area contributed by atoms with Crippen molar-refractivity contribution in [2.45, 2.75) is 47.6 Å².